The van der Waals surface area contributed by atoms with E-state index in [1.807, 2.05) is 24.3 Å². The Balaban J connectivity index is 0.00000361. The molecule has 0 radical (unpaired) electrons. The van der Waals surface area contributed by atoms with Gasteiger partial charge in [0.2, 0.25) is 0 Å². The van der Waals surface area contributed by atoms with Crippen molar-refractivity contribution in [2.45, 2.75) is 46.0 Å². The van der Waals surface area contributed by atoms with Crippen LogP contribution in [-0.2, 0) is 6.54 Å². The second kappa shape index (κ2) is 7.76. The minimum Gasteiger partial charge on any atom is -1.00 e. The van der Waals surface area contributed by atoms with Crippen LogP contribution in [0.3, 0.4) is 0 Å². The predicted octanol–water partition coefficient (Wildman–Crippen LogP) is -1.33. The highest BCUT2D eigenvalue weighted by atomic mass is 35.5. The number of benzene rings is 1. The van der Waals surface area contributed by atoms with E-state index >= 15 is 0 Å². The summed E-state index contributed by atoms with van der Waals surface area (Å²) in [5.74, 6) is 0. The monoisotopic (exact) mass is 301 g/mol. The molecule has 1 aromatic rings. The number of halogens is 1. The van der Waals surface area contributed by atoms with Crippen molar-refractivity contribution in [2.75, 3.05) is 0 Å². The molecule has 0 fully saturated rings. The topological polar surface area (TPSA) is 60.7 Å². The zero-order valence-corrected chi connectivity index (χ0v) is 13.0. The minimum atomic E-state index is -0.876. The van der Waals surface area contributed by atoms with E-state index in [4.69, 9.17) is 0 Å². The van der Waals surface area contributed by atoms with Gasteiger partial charge in [-0.1, -0.05) is 36.9 Å². The number of nitrogens with zero attached hydrogens (tertiary/aromatic N) is 1. The van der Waals surface area contributed by atoms with E-state index in [0.29, 0.717) is 6.54 Å². The van der Waals surface area contributed by atoms with Crippen molar-refractivity contribution < 1.29 is 32.2 Å². The summed E-state index contributed by atoms with van der Waals surface area (Å²) in [5.41, 5.74) is 1.95. The van der Waals surface area contributed by atoms with Gasteiger partial charge in [-0.15, -0.1) is 0 Å². The van der Waals surface area contributed by atoms with E-state index in [9.17, 15) is 15.3 Å². The van der Waals surface area contributed by atoms with Crippen LogP contribution in [0.15, 0.2) is 30.8 Å². The SMILES string of the molecule is C=Cc1ccc(C[N+](C(C)O)(C(C)O)C(C)O)cc1.[Cl-]. The number of aliphatic hydroxyl groups excluding tert-OH is 3. The normalized spacial score (nSPS) is 18.3. The lowest BCUT2D eigenvalue weighted by Crippen LogP contribution is -3.00. The van der Waals surface area contributed by atoms with Crippen LogP contribution in [-0.4, -0.2) is 38.5 Å². The Labute approximate surface area is 127 Å². The molecule has 3 N–H and O–H groups in total. The second-order valence-corrected chi connectivity index (χ2v) is 4.99. The van der Waals surface area contributed by atoms with Crippen molar-refractivity contribution in [2.24, 2.45) is 0 Å². The summed E-state index contributed by atoms with van der Waals surface area (Å²) in [4.78, 5) is 0. The van der Waals surface area contributed by atoms with Gasteiger partial charge < -0.3 is 27.7 Å². The minimum absolute atomic E-state index is 0. The van der Waals surface area contributed by atoms with Crippen LogP contribution in [0.4, 0.5) is 0 Å². The molecule has 1 aromatic carbocycles. The lowest BCUT2D eigenvalue weighted by molar-refractivity contribution is -1.05. The highest BCUT2D eigenvalue weighted by Gasteiger charge is 2.42. The van der Waals surface area contributed by atoms with Crippen LogP contribution in [0.5, 0.6) is 0 Å². The molecule has 5 heteroatoms. The molecule has 0 spiro atoms. The molecule has 114 valence electrons. The first-order valence-electron chi connectivity index (χ1n) is 6.47. The molecular formula is C15H24ClNO3. The third-order valence-electron chi connectivity index (χ3n) is 3.76. The third kappa shape index (κ3) is 3.81. The number of quaternary nitrogens is 1. The van der Waals surface area contributed by atoms with Gasteiger partial charge in [0.1, 0.15) is 6.54 Å². The van der Waals surface area contributed by atoms with Crippen LogP contribution < -0.4 is 12.4 Å². The lowest BCUT2D eigenvalue weighted by atomic mass is 10.1. The van der Waals surface area contributed by atoms with Gasteiger partial charge in [0.05, 0.1) is 0 Å². The maximum absolute atomic E-state index is 10.0. The summed E-state index contributed by atoms with van der Waals surface area (Å²) in [6, 6.07) is 7.67. The first kappa shape index (κ1) is 19.1. The molecule has 0 aromatic heterocycles. The highest BCUT2D eigenvalue weighted by molar-refractivity contribution is 5.47. The van der Waals surface area contributed by atoms with E-state index in [2.05, 4.69) is 6.58 Å². The Bertz CT molecular complexity index is 394. The average molecular weight is 302 g/mol. The molecule has 20 heavy (non-hydrogen) atoms. The zero-order chi connectivity index (χ0) is 14.6. The number of hydrogen-bond donors (Lipinski definition) is 3. The van der Waals surface area contributed by atoms with Crippen LogP contribution in [0.2, 0.25) is 0 Å². The smallest absolute Gasteiger partial charge is 0.191 e. The number of rotatable bonds is 6. The Kier molecular flexibility index (Phi) is 7.41. The van der Waals surface area contributed by atoms with Crippen molar-refractivity contribution in [3.63, 3.8) is 0 Å². The summed E-state index contributed by atoms with van der Waals surface area (Å²) in [6.07, 6.45) is -0.874. The Hall–Kier alpha value is -0.910. The fourth-order valence-corrected chi connectivity index (χ4v) is 2.41. The molecule has 0 heterocycles. The lowest BCUT2D eigenvalue weighted by Gasteiger charge is -2.45. The fraction of sp³-hybridized carbons (Fsp3) is 0.467. The van der Waals surface area contributed by atoms with Crippen molar-refractivity contribution in [3.8, 4) is 0 Å². The van der Waals surface area contributed by atoms with Gasteiger partial charge in [-0.2, -0.15) is 0 Å². The Morgan fingerprint density at radius 1 is 1.00 bits per heavy atom. The third-order valence-corrected chi connectivity index (χ3v) is 3.76. The van der Waals surface area contributed by atoms with Gasteiger partial charge in [0.25, 0.3) is 0 Å². The quantitative estimate of drug-likeness (QED) is 0.450. The largest absolute Gasteiger partial charge is 1.00 e. The van der Waals surface area contributed by atoms with Gasteiger partial charge in [-0.3, -0.25) is 0 Å². The molecule has 0 aliphatic rings. The zero-order valence-electron chi connectivity index (χ0n) is 12.2. The van der Waals surface area contributed by atoms with Gasteiger partial charge in [0.15, 0.2) is 18.7 Å². The van der Waals surface area contributed by atoms with E-state index in [-0.39, 0.29) is 16.9 Å². The van der Waals surface area contributed by atoms with Crippen molar-refractivity contribution in [3.05, 3.63) is 42.0 Å². The molecule has 4 nitrogen and oxygen atoms in total. The van der Waals surface area contributed by atoms with E-state index < -0.39 is 18.7 Å². The van der Waals surface area contributed by atoms with Crippen LogP contribution in [0.25, 0.3) is 6.08 Å². The number of aliphatic hydroxyl groups is 3. The molecule has 1 rings (SSSR count). The summed E-state index contributed by atoms with van der Waals surface area (Å²) in [5, 5.41) is 30.0. The van der Waals surface area contributed by atoms with Gasteiger partial charge in [0, 0.05) is 26.3 Å². The highest BCUT2D eigenvalue weighted by Crippen LogP contribution is 2.25. The van der Waals surface area contributed by atoms with Crippen LogP contribution >= 0.6 is 0 Å². The van der Waals surface area contributed by atoms with Gasteiger partial charge >= 0.3 is 0 Å². The van der Waals surface area contributed by atoms with E-state index in [1.165, 1.54) is 0 Å². The maximum Gasteiger partial charge on any atom is 0.191 e. The Morgan fingerprint density at radius 3 is 1.70 bits per heavy atom. The standard InChI is InChI=1S/C15H24NO3.ClH/c1-5-14-6-8-15(9-7-14)10-16(11(2)17,12(3)18)13(4)19;/h5-9,11-13,17-19H,1,10H2,2-4H3;1H/q+1;/p-1. The second-order valence-electron chi connectivity index (χ2n) is 4.99. The van der Waals surface area contributed by atoms with Crippen molar-refractivity contribution in [1.29, 1.82) is 0 Å². The first-order valence-corrected chi connectivity index (χ1v) is 6.47. The average Bonchev–Trinajstić information content (AvgIpc) is 2.35. The van der Waals surface area contributed by atoms with Gasteiger partial charge in [-0.05, 0) is 5.56 Å². The van der Waals surface area contributed by atoms with Crippen LogP contribution in [0.1, 0.15) is 31.9 Å². The van der Waals surface area contributed by atoms with Gasteiger partial charge in [-0.25, -0.2) is 4.48 Å². The summed E-state index contributed by atoms with van der Waals surface area (Å²) in [7, 11) is 0. The van der Waals surface area contributed by atoms with E-state index in [0.717, 1.165) is 11.1 Å². The molecule has 0 saturated carbocycles. The summed E-state index contributed by atoms with van der Waals surface area (Å²) >= 11 is 0. The molecule has 3 unspecified atom stereocenters. The first-order chi connectivity index (χ1) is 8.84. The van der Waals surface area contributed by atoms with Crippen molar-refractivity contribution in [1.82, 2.24) is 0 Å². The molecule has 3 atom stereocenters. The summed E-state index contributed by atoms with van der Waals surface area (Å²) < 4.78 is -0.201. The molecule has 0 saturated heterocycles. The molecule has 0 aliphatic carbocycles. The Morgan fingerprint density at radius 2 is 1.40 bits per heavy atom. The molecule has 0 aliphatic heterocycles. The summed E-state index contributed by atoms with van der Waals surface area (Å²) in [6.45, 7) is 8.79. The molecule has 0 bridgehead atoms. The molecule has 0 amide bonds. The predicted molar refractivity (Wildman–Crippen MR) is 75.5 cm³/mol. The fourth-order valence-electron chi connectivity index (χ4n) is 2.41. The number of hydrogen-bond acceptors (Lipinski definition) is 3. The molecular weight excluding hydrogens is 278 g/mol. The van der Waals surface area contributed by atoms with Crippen LogP contribution in [0, 0.1) is 0 Å². The maximum atomic E-state index is 10.0. The van der Waals surface area contributed by atoms with E-state index in [1.54, 1.807) is 26.8 Å². The van der Waals surface area contributed by atoms with Crippen molar-refractivity contribution >= 4 is 6.08 Å².